The lowest BCUT2D eigenvalue weighted by atomic mass is 10.1. The molecule has 3 heterocycles. The van der Waals surface area contributed by atoms with Crippen molar-refractivity contribution in [3.63, 3.8) is 0 Å². The molecular formula is C20H17ClN4O2S. The van der Waals surface area contributed by atoms with Crippen molar-refractivity contribution >= 4 is 39.0 Å². The number of nitrogens with zero attached hydrogens (tertiary/aromatic N) is 3. The Balaban J connectivity index is 1.36. The summed E-state index contributed by atoms with van der Waals surface area (Å²) in [6.07, 6.45) is 2.39. The van der Waals surface area contributed by atoms with Crippen molar-refractivity contribution in [3.05, 3.63) is 64.8 Å². The molecule has 0 spiro atoms. The second kappa shape index (κ2) is 8.41. The van der Waals surface area contributed by atoms with E-state index in [1.54, 1.807) is 25.6 Å². The molecule has 0 radical (unpaired) electrons. The first-order chi connectivity index (χ1) is 13.7. The van der Waals surface area contributed by atoms with Crippen LogP contribution >= 0.6 is 22.9 Å². The third-order valence-corrected chi connectivity index (χ3v) is 5.40. The van der Waals surface area contributed by atoms with E-state index in [2.05, 4.69) is 20.3 Å². The maximum Gasteiger partial charge on any atom is 0.222 e. The van der Waals surface area contributed by atoms with E-state index in [0.717, 1.165) is 34.7 Å². The average molecular weight is 413 g/mol. The van der Waals surface area contributed by atoms with Crippen molar-refractivity contribution in [2.24, 2.45) is 0 Å². The van der Waals surface area contributed by atoms with Gasteiger partial charge >= 0.3 is 0 Å². The predicted molar refractivity (Wildman–Crippen MR) is 112 cm³/mol. The Labute approximate surface area is 171 Å². The fourth-order valence-corrected chi connectivity index (χ4v) is 3.85. The van der Waals surface area contributed by atoms with Crippen molar-refractivity contribution in [2.45, 2.75) is 6.42 Å². The highest BCUT2D eigenvalue weighted by molar-refractivity contribution is 7.17. The molecule has 0 saturated carbocycles. The number of halogens is 1. The molecule has 0 fully saturated rings. The Morgan fingerprint density at radius 2 is 1.89 bits per heavy atom. The number of ether oxygens (including phenoxy) is 2. The van der Waals surface area contributed by atoms with Crippen LogP contribution in [0.2, 0.25) is 5.02 Å². The molecule has 0 unspecified atom stereocenters. The largest absolute Gasteiger partial charge is 0.481 e. The van der Waals surface area contributed by atoms with E-state index in [-0.39, 0.29) is 0 Å². The van der Waals surface area contributed by atoms with Crippen molar-refractivity contribution in [1.29, 1.82) is 0 Å². The van der Waals surface area contributed by atoms with Gasteiger partial charge in [-0.1, -0.05) is 29.8 Å². The summed E-state index contributed by atoms with van der Waals surface area (Å²) in [6, 6.07) is 13.3. The molecule has 4 rings (SSSR count). The Kier molecular flexibility index (Phi) is 5.55. The van der Waals surface area contributed by atoms with Gasteiger partial charge in [0.1, 0.15) is 22.7 Å². The highest BCUT2D eigenvalue weighted by Gasteiger charge is 2.09. The summed E-state index contributed by atoms with van der Waals surface area (Å²) in [7, 11) is 1.58. The normalized spacial score (nSPS) is 10.8. The summed E-state index contributed by atoms with van der Waals surface area (Å²) in [6.45, 7) is 0.732. The molecule has 1 N–H and O–H groups in total. The maximum absolute atomic E-state index is 6.24. The van der Waals surface area contributed by atoms with Crippen LogP contribution in [0.4, 0.5) is 5.82 Å². The molecule has 0 aliphatic heterocycles. The Morgan fingerprint density at radius 3 is 2.71 bits per heavy atom. The lowest BCUT2D eigenvalue weighted by Crippen LogP contribution is -2.06. The molecule has 28 heavy (non-hydrogen) atoms. The number of benzene rings is 1. The highest BCUT2D eigenvalue weighted by atomic mass is 35.5. The summed E-state index contributed by atoms with van der Waals surface area (Å²) in [5.41, 5.74) is 1.18. The minimum Gasteiger partial charge on any atom is -0.481 e. The number of nitrogens with one attached hydrogen (secondary N) is 1. The minimum atomic E-state index is 0.495. The van der Waals surface area contributed by atoms with Gasteiger partial charge in [-0.25, -0.2) is 9.97 Å². The third-order valence-electron chi connectivity index (χ3n) is 4.08. The zero-order chi connectivity index (χ0) is 19.3. The third kappa shape index (κ3) is 4.16. The van der Waals surface area contributed by atoms with Crippen molar-refractivity contribution in [3.8, 4) is 17.5 Å². The molecule has 4 aromatic rings. The molecule has 0 atom stereocenters. The van der Waals surface area contributed by atoms with Gasteiger partial charge in [0.25, 0.3) is 0 Å². The van der Waals surface area contributed by atoms with Crippen LogP contribution in [0.1, 0.15) is 5.56 Å². The van der Waals surface area contributed by atoms with Crippen LogP contribution in [-0.2, 0) is 6.42 Å². The lowest BCUT2D eigenvalue weighted by molar-refractivity contribution is 0.383. The van der Waals surface area contributed by atoms with Crippen LogP contribution in [0.25, 0.3) is 10.2 Å². The van der Waals surface area contributed by atoms with E-state index in [4.69, 9.17) is 21.1 Å². The molecule has 1 aromatic carbocycles. The topological polar surface area (TPSA) is 69.2 Å². The first-order valence-electron chi connectivity index (χ1n) is 8.62. The van der Waals surface area contributed by atoms with Crippen LogP contribution in [0.5, 0.6) is 17.5 Å². The molecule has 3 aromatic heterocycles. The van der Waals surface area contributed by atoms with E-state index in [1.807, 2.05) is 35.7 Å². The zero-order valence-electron chi connectivity index (χ0n) is 15.1. The van der Waals surface area contributed by atoms with Gasteiger partial charge in [0.15, 0.2) is 0 Å². The van der Waals surface area contributed by atoms with E-state index in [1.165, 1.54) is 16.9 Å². The Morgan fingerprint density at radius 1 is 1.07 bits per heavy atom. The Hall–Kier alpha value is -2.90. The zero-order valence-corrected chi connectivity index (χ0v) is 16.6. The molecule has 0 aliphatic rings. The predicted octanol–water partition coefficient (Wildman–Crippen LogP) is 5.20. The first kappa shape index (κ1) is 18.5. The number of hydrogen-bond acceptors (Lipinski definition) is 7. The van der Waals surface area contributed by atoms with Crippen LogP contribution in [0.15, 0.2) is 54.2 Å². The van der Waals surface area contributed by atoms with Crippen LogP contribution in [0, 0.1) is 0 Å². The van der Waals surface area contributed by atoms with E-state index < -0.39 is 0 Å². The number of rotatable bonds is 7. The van der Waals surface area contributed by atoms with Gasteiger partial charge in [0.05, 0.1) is 17.5 Å². The minimum absolute atomic E-state index is 0.495. The second-order valence-corrected chi connectivity index (χ2v) is 7.19. The molecule has 6 nitrogen and oxygen atoms in total. The van der Waals surface area contributed by atoms with Crippen LogP contribution in [-0.4, -0.2) is 28.6 Å². The summed E-state index contributed by atoms with van der Waals surface area (Å²) in [5, 5.41) is 6.78. The average Bonchev–Trinajstić information content (AvgIpc) is 3.11. The molecule has 0 aliphatic carbocycles. The molecular weight excluding hydrogens is 396 g/mol. The quantitative estimate of drug-likeness (QED) is 0.450. The van der Waals surface area contributed by atoms with Gasteiger partial charge in [-0.3, -0.25) is 0 Å². The lowest BCUT2D eigenvalue weighted by Gasteiger charge is -2.09. The van der Waals surface area contributed by atoms with Crippen molar-refractivity contribution in [2.75, 3.05) is 19.0 Å². The van der Waals surface area contributed by atoms with Gasteiger partial charge in [0, 0.05) is 24.1 Å². The standard InChI is InChI=1S/C20H17ClN4O2S/c1-26-16-3-2-4-17(25-16)27-14-7-5-13(6-8-14)9-10-22-19-18-15(21)11-28-20(18)24-12-23-19/h2-8,11-12H,9-10H2,1H3,(H,22,23,24). The molecule has 142 valence electrons. The van der Waals surface area contributed by atoms with Gasteiger partial charge in [-0.2, -0.15) is 4.98 Å². The van der Waals surface area contributed by atoms with Crippen molar-refractivity contribution < 1.29 is 9.47 Å². The molecule has 0 saturated heterocycles. The molecule has 0 amide bonds. The number of thiophene rings is 1. The van der Waals surface area contributed by atoms with Gasteiger partial charge < -0.3 is 14.8 Å². The second-order valence-electron chi connectivity index (χ2n) is 5.93. The molecule has 0 bridgehead atoms. The summed E-state index contributed by atoms with van der Waals surface area (Å²) >= 11 is 7.75. The maximum atomic E-state index is 6.24. The van der Waals surface area contributed by atoms with Crippen molar-refractivity contribution in [1.82, 2.24) is 15.0 Å². The summed E-state index contributed by atoms with van der Waals surface area (Å²) in [4.78, 5) is 13.7. The Bertz CT molecular complexity index is 1090. The highest BCUT2D eigenvalue weighted by Crippen LogP contribution is 2.32. The number of methoxy groups -OCH3 is 1. The monoisotopic (exact) mass is 412 g/mol. The van der Waals surface area contributed by atoms with E-state index >= 15 is 0 Å². The fraction of sp³-hybridized carbons (Fsp3) is 0.150. The number of aromatic nitrogens is 3. The van der Waals surface area contributed by atoms with E-state index in [0.29, 0.717) is 16.8 Å². The van der Waals surface area contributed by atoms with Gasteiger partial charge in [-0.15, -0.1) is 11.3 Å². The number of pyridine rings is 1. The van der Waals surface area contributed by atoms with Gasteiger partial charge in [0.2, 0.25) is 11.8 Å². The van der Waals surface area contributed by atoms with Gasteiger partial charge in [-0.05, 0) is 24.1 Å². The molecule has 8 heteroatoms. The first-order valence-corrected chi connectivity index (χ1v) is 9.88. The summed E-state index contributed by atoms with van der Waals surface area (Å²) < 4.78 is 10.9. The SMILES string of the molecule is COc1cccc(Oc2ccc(CCNc3ncnc4scc(Cl)c34)cc2)n1. The van der Waals surface area contributed by atoms with Crippen LogP contribution < -0.4 is 14.8 Å². The van der Waals surface area contributed by atoms with E-state index in [9.17, 15) is 0 Å². The fourth-order valence-electron chi connectivity index (χ4n) is 2.71. The number of fused-ring (bicyclic) bond motifs is 1. The van der Waals surface area contributed by atoms with Crippen LogP contribution in [0.3, 0.4) is 0 Å². The summed E-state index contributed by atoms with van der Waals surface area (Å²) in [5.74, 6) is 2.50. The number of anilines is 1. The smallest absolute Gasteiger partial charge is 0.222 e. The number of hydrogen-bond donors (Lipinski definition) is 1.